The summed E-state index contributed by atoms with van der Waals surface area (Å²) in [7, 11) is -3.32. The Bertz CT molecular complexity index is 669. The molecule has 0 saturated carbocycles. The van der Waals surface area contributed by atoms with Crippen LogP contribution in [0.3, 0.4) is 0 Å². The maximum Gasteiger partial charge on any atom is 0.442 e. The number of rotatable bonds is 4. The van der Waals surface area contributed by atoms with Crippen LogP contribution in [0.5, 0.6) is 0 Å². The van der Waals surface area contributed by atoms with Crippen molar-refractivity contribution in [3.63, 3.8) is 0 Å². The molecule has 0 spiro atoms. The van der Waals surface area contributed by atoms with Crippen LogP contribution in [0.1, 0.15) is 26.3 Å². The van der Waals surface area contributed by atoms with Crippen molar-refractivity contribution in [2.75, 3.05) is 5.75 Å². The molecule has 6 nitrogen and oxygen atoms in total. The normalized spacial score (nSPS) is 14.0. The predicted octanol–water partition coefficient (Wildman–Crippen LogP) is 3.33. The van der Waals surface area contributed by atoms with Crippen molar-refractivity contribution in [2.45, 2.75) is 32.1 Å². The maximum absolute atomic E-state index is 12.7. The van der Waals surface area contributed by atoms with Crippen LogP contribution >= 0.6 is 11.6 Å². The first-order valence-electron chi connectivity index (χ1n) is 6.41. The zero-order chi connectivity index (χ0) is 17.0. The number of aliphatic carboxylic acids is 1. The lowest BCUT2D eigenvalue weighted by atomic mass is 10.2. The summed E-state index contributed by atoms with van der Waals surface area (Å²) >= 11 is 5.76. The molecule has 0 aliphatic rings. The van der Waals surface area contributed by atoms with Crippen LogP contribution in [0.15, 0.2) is 28.6 Å². The van der Waals surface area contributed by atoms with Crippen LogP contribution in [0, 0.1) is 0 Å². The van der Waals surface area contributed by atoms with Gasteiger partial charge in [-0.25, -0.2) is 9.00 Å². The summed E-state index contributed by atoms with van der Waals surface area (Å²) in [4.78, 5) is 22.6. The summed E-state index contributed by atoms with van der Waals surface area (Å²) in [6.07, 6.45) is -1.03. The summed E-state index contributed by atoms with van der Waals surface area (Å²) in [6.45, 7) is 4.91. The van der Waals surface area contributed by atoms with E-state index in [0.29, 0.717) is 10.6 Å². The lowest BCUT2D eigenvalue weighted by molar-refractivity contribution is -0.134. The number of nitrogens with zero attached hydrogens (tertiary/aromatic N) is 1. The average Bonchev–Trinajstić information content (AvgIpc) is 2.27. The second kappa shape index (κ2) is 7.11. The van der Waals surface area contributed by atoms with E-state index in [1.807, 2.05) is 0 Å². The van der Waals surface area contributed by atoms with Gasteiger partial charge in [-0.3, -0.25) is 4.79 Å². The molecule has 0 aromatic heterocycles. The molecule has 1 unspecified atom stereocenters. The van der Waals surface area contributed by atoms with Crippen molar-refractivity contribution in [3.05, 3.63) is 34.9 Å². The van der Waals surface area contributed by atoms with Crippen molar-refractivity contribution in [2.24, 2.45) is 4.36 Å². The van der Waals surface area contributed by atoms with Crippen LogP contribution in [0.4, 0.5) is 4.79 Å². The monoisotopic (exact) mass is 347 g/mol. The van der Waals surface area contributed by atoms with Gasteiger partial charge in [-0.1, -0.05) is 23.7 Å². The molecule has 1 atom stereocenters. The Hall–Kier alpha value is -1.60. The third-order valence-electron chi connectivity index (χ3n) is 2.29. The van der Waals surface area contributed by atoms with Crippen LogP contribution in [-0.2, 0) is 25.0 Å². The van der Waals surface area contributed by atoms with Gasteiger partial charge in [-0.15, -0.1) is 4.36 Å². The fraction of sp³-hybridized carbons (Fsp3) is 0.429. The number of carbonyl (C=O) groups excluding carboxylic acids is 1. The van der Waals surface area contributed by atoms with E-state index in [9.17, 15) is 13.8 Å². The molecule has 8 heteroatoms. The maximum atomic E-state index is 12.7. The highest BCUT2D eigenvalue weighted by Gasteiger charge is 2.21. The van der Waals surface area contributed by atoms with E-state index in [2.05, 4.69) is 4.36 Å². The van der Waals surface area contributed by atoms with Gasteiger partial charge in [0.05, 0.1) is 15.5 Å². The Morgan fingerprint density at radius 2 is 1.82 bits per heavy atom. The van der Waals surface area contributed by atoms with Gasteiger partial charge in [0.15, 0.2) is 0 Å². The van der Waals surface area contributed by atoms with Crippen molar-refractivity contribution in [3.8, 4) is 0 Å². The number of hydrogen-bond acceptors (Lipinski definition) is 4. The van der Waals surface area contributed by atoms with Gasteiger partial charge in [0.1, 0.15) is 11.4 Å². The lowest BCUT2D eigenvalue weighted by Gasteiger charge is -2.18. The topological polar surface area (TPSA) is 93.0 Å². The molecule has 0 saturated heterocycles. The molecule has 0 bridgehead atoms. The van der Waals surface area contributed by atoms with Crippen molar-refractivity contribution >= 4 is 33.4 Å². The summed E-state index contributed by atoms with van der Waals surface area (Å²) in [5.41, 5.74) is -0.229. The smallest absolute Gasteiger partial charge is 0.442 e. The number of hydrogen-bond donors (Lipinski definition) is 1. The predicted molar refractivity (Wildman–Crippen MR) is 84.5 cm³/mol. The molecule has 0 aliphatic heterocycles. The highest BCUT2D eigenvalue weighted by atomic mass is 35.5. The third kappa shape index (κ3) is 6.91. The molecule has 122 valence electrons. The average molecular weight is 348 g/mol. The zero-order valence-electron chi connectivity index (χ0n) is 12.5. The van der Waals surface area contributed by atoms with Crippen LogP contribution in [-0.4, -0.2) is 32.7 Å². The van der Waals surface area contributed by atoms with E-state index < -0.39 is 33.1 Å². The van der Waals surface area contributed by atoms with Gasteiger partial charge in [-0.05, 0) is 38.5 Å². The van der Waals surface area contributed by atoms with Crippen LogP contribution in [0.2, 0.25) is 5.02 Å². The van der Waals surface area contributed by atoms with Gasteiger partial charge in [0.2, 0.25) is 0 Å². The minimum atomic E-state index is -3.32. The molecular formula is C14H18ClNO5S. The molecule has 0 radical (unpaired) electrons. The van der Waals surface area contributed by atoms with Gasteiger partial charge in [0.25, 0.3) is 0 Å². The minimum absolute atomic E-state index is 0.171. The molecule has 1 N–H and O–H groups in total. The number of carboxylic acid groups (broad SMARTS) is 1. The van der Waals surface area contributed by atoms with Gasteiger partial charge >= 0.3 is 12.1 Å². The van der Waals surface area contributed by atoms with E-state index in [0.717, 1.165) is 0 Å². The third-order valence-corrected chi connectivity index (χ3v) is 4.51. The molecule has 22 heavy (non-hydrogen) atoms. The number of halogens is 1. The van der Waals surface area contributed by atoms with Gasteiger partial charge < -0.3 is 9.84 Å². The fourth-order valence-corrected chi connectivity index (χ4v) is 3.33. The molecular weight excluding hydrogens is 330 g/mol. The molecule has 1 rings (SSSR count). The SMILES string of the molecule is CC(C)(C)OC(=O)N=S(=O)(CC(=O)O)Cc1ccc(Cl)cc1. The molecule has 1 amide bonds. The quantitative estimate of drug-likeness (QED) is 0.901. The highest BCUT2D eigenvalue weighted by Crippen LogP contribution is 2.15. The second-order valence-corrected chi connectivity index (χ2v) is 8.39. The number of amides is 1. The number of carboxylic acids is 1. The Labute approximate surface area is 134 Å². The lowest BCUT2D eigenvalue weighted by Crippen LogP contribution is -2.24. The van der Waals surface area contributed by atoms with Gasteiger partial charge in [-0.2, -0.15) is 0 Å². The first-order valence-corrected chi connectivity index (χ1v) is 8.64. The van der Waals surface area contributed by atoms with E-state index in [1.54, 1.807) is 45.0 Å². The minimum Gasteiger partial charge on any atom is -0.481 e. The molecule has 1 aromatic carbocycles. The fourth-order valence-electron chi connectivity index (χ4n) is 1.57. The van der Waals surface area contributed by atoms with Gasteiger partial charge in [0, 0.05) is 5.02 Å². The van der Waals surface area contributed by atoms with Crippen LogP contribution < -0.4 is 0 Å². The first-order chi connectivity index (χ1) is 9.99. The Morgan fingerprint density at radius 3 is 2.27 bits per heavy atom. The standard InChI is InChI=1S/C14H18ClNO5S/c1-14(2,3)21-13(19)16-22(20,9-12(17)18)8-10-4-6-11(15)7-5-10/h4-7H,8-9H2,1-3H3,(H,17,18). The largest absolute Gasteiger partial charge is 0.481 e. The summed E-state index contributed by atoms with van der Waals surface area (Å²) in [6, 6.07) is 6.39. The number of carbonyl (C=O) groups is 2. The molecule has 0 fully saturated rings. The molecule has 0 heterocycles. The van der Waals surface area contributed by atoms with E-state index in [-0.39, 0.29) is 5.75 Å². The summed E-state index contributed by atoms with van der Waals surface area (Å²) in [5, 5.41) is 9.40. The van der Waals surface area contributed by atoms with E-state index in [1.165, 1.54) is 0 Å². The molecule has 0 aliphatic carbocycles. The Morgan fingerprint density at radius 1 is 1.27 bits per heavy atom. The molecule has 1 aromatic rings. The summed E-state index contributed by atoms with van der Waals surface area (Å²) in [5.74, 6) is -2.21. The summed E-state index contributed by atoms with van der Waals surface area (Å²) < 4.78 is 21.1. The number of benzene rings is 1. The highest BCUT2D eigenvalue weighted by molar-refractivity contribution is 7.93. The van der Waals surface area contributed by atoms with Crippen LogP contribution in [0.25, 0.3) is 0 Å². The zero-order valence-corrected chi connectivity index (χ0v) is 14.1. The second-order valence-electron chi connectivity index (χ2n) is 5.65. The van der Waals surface area contributed by atoms with Crippen molar-refractivity contribution in [1.82, 2.24) is 0 Å². The van der Waals surface area contributed by atoms with Crippen molar-refractivity contribution < 1.29 is 23.6 Å². The first kappa shape index (κ1) is 18.4. The van der Waals surface area contributed by atoms with E-state index in [4.69, 9.17) is 21.4 Å². The van der Waals surface area contributed by atoms with Crippen molar-refractivity contribution in [1.29, 1.82) is 0 Å². The Balaban J connectivity index is 3.08. The number of ether oxygens (including phenoxy) is 1. The van der Waals surface area contributed by atoms with E-state index >= 15 is 0 Å². The Kier molecular flexibility index (Phi) is 5.96.